The van der Waals surface area contributed by atoms with Crippen LogP contribution in [0.2, 0.25) is 5.02 Å². The molecule has 1 aromatic heterocycles. The predicted molar refractivity (Wildman–Crippen MR) is 110 cm³/mol. The van der Waals surface area contributed by atoms with Crippen LogP contribution in [0.5, 0.6) is 5.75 Å². The lowest BCUT2D eigenvalue weighted by atomic mass is 9.85. The number of carbonyl (C=O) groups excluding carboxylic acids is 2. The third-order valence-electron chi connectivity index (χ3n) is 5.76. The highest BCUT2D eigenvalue weighted by atomic mass is 35.5. The van der Waals surface area contributed by atoms with Gasteiger partial charge >= 0.3 is 0 Å². The number of hydrogen-bond donors (Lipinski definition) is 0. The van der Waals surface area contributed by atoms with E-state index in [4.69, 9.17) is 16.3 Å². The number of para-hydroxylation sites is 1. The summed E-state index contributed by atoms with van der Waals surface area (Å²) in [5, 5.41) is 0.465. The van der Waals surface area contributed by atoms with E-state index in [-0.39, 0.29) is 18.4 Å². The number of carbonyl (C=O) groups is 2. The highest BCUT2D eigenvalue weighted by Gasteiger charge is 2.52. The second kappa shape index (κ2) is 8.41. The number of nitrogens with zero attached hydrogens (tertiary/aromatic N) is 3. The van der Waals surface area contributed by atoms with Gasteiger partial charge in [-0.05, 0) is 49.9 Å². The first kappa shape index (κ1) is 19.7. The number of halogens is 1. The van der Waals surface area contributed by atoms with Crippen LogP contribution in [-0.2, 0) is 16.1 Å². The molecule has 4 rings (SSSR count). The Morgan fingerprint density at radius 2 is 1.86 bits per heavy atom. The molecular formula is C22H24ClN3O3. The Hall–Kier alpha value is -2.60. The van der Waals surface area contributed by atoms with E-state index in [1.54, 1.807) is 23.2 Å². The molecule has 1 atom stereocenters. The highest BCUT2D eigenvalue weighted by molar-refractivity contribution is 6.32. The van der Waals surface area contributed by atoms with E-state index in [0.29, 0.717) is 43.2 Å². The maximum Gasteiger partial charge on any atom is 0.261 e. The summed E-state index contributed by atoms with van der Waals surface area (Å²) in [6, 6.07) is 12.8. The maximum atomic E-state index is 13.4. The van der Waals surface area contributed by atoms with Crippen molar-refractivity contribution < 1.29 is 14.3 Å². The molecule has 2 fully saturated rings. The van der Waals surface area contributed by atoms with Crippen LogP contribution in [0.1, 0.15) is 31.4 Å². The van der Waals surface area contributed by atoms with Crippen molar-refractivity contribution in [1.29, 1.82) is 0 Å². The molecule has 2 aliphatic rings. The van der Waals surface area contributed by atoms with Crippen LogP contribution in [0, 0.1) is 0 Å². The predicted octanol–water partition coefficient (Wildman–Crippen LogP) is 3.30. The van der Waals surface area contributed by atoms with E-state index >= 15 is 0 Å². The van der Waals surface area contributed by atoms with E-state index in [0.717, 1.165) is 18.5 Å². The second-order valence-electron chi connectivity index (χ2n) is 7.55. The molecule has 6 nitrogen and oxygen atoms in total. The van der Waals surface area contributed by atoms with Crippen molar-refractivity contribution in [3.05, 3.63) is 59.4 Å². The van der Waals surface area contributed by atoms with Crippen molar-refractivity contribution in [1.82, 2.24) is 14.8 Å². The third-order valence-corrected chi connectivity index (χ3v) is 6.07. The minimum absolute atomic E-state index is 0.0259. The van der Waals surface area contributed by atoms with Crippen LogP contribution < -0.4 is 4.74 Å². The fraction of sp³-hybridized carbons (Fsp3) is 0.409. The van der Waals surface area contributed by atoms with Gasteiger partial charge < -0.3 is 14.5 Å². The fourth-order valence-corrected chi connectivity index (χ4v) is 4.60. The summed E-state index contributed by atoms with van der Waals surface area (Å²) in [6.45, 7) is 1.61. The van der Waals surface area contributed by atoms with Gasteiger partial charge in [-0.25, -0.2) is 0 Å². The van der Waals surface area contributed by atoms with Crippen LogP contribution in [-0.4, -0.2) is 51.8 Å². The minimum Gasteiger partial charge on any atom is -0.482 e. The molecule has 3 heterocycles. The summed E-state index contributed by atoms with van der Waals surface area (Å²) in [7, 11) is 0. The Morgan fingerprint density at radius 1 is 1.10 bits per heavy atom. The van der Waals surface area contributed by atoms with Gasteiger partial charge in [0.15, 0.2) is 6.61 Å². The zero-order valence-corrected chi connectivity index (χ0v) is 17.0. The maximum absolute atomic E-state index is 13.4. The number of likely N-dealkylation sites (tertiary alicyclic amines) is 2. The Kier molecular flexibility index (Phi) is 5.72. The van der Waals surface area contributed by atoms with Crippen LogP contribution in [0.15, 0.2) is 48.7 Å². The molecule has 1 unspecified atom stereocenters. The van der Waals surface area contributed by atoms with Gasteiger partial charge in [0, 0.05) is 19.3 Å². The number of aromatic nitrogens is 1. The first-order chi connectivity index (χ1) is 14.1. The van der Waals surface area contributed by atoms with E-state index in [2.05, 4.69) is 4.98 Å². The van der Waals surface area contributed by atoms with Crippen LogP contribution in [0.25, 0.3) is 0 Å². The van der Waals surface area contributed by atoms with Gasteiger partial charge in [0.2, 0.25) is 5.91 Å². The zero-order valence-electron chi connectivity index (χ0n) is 16.2. The van der Waals surface area contributed by atoms with Crippen molar-refractivity contribution in [3.8, 4) is 5.75 Å². The van der Waals surface area contributed by atoms with Gasteiger partial charge in [0.05, 0.1) is 17.3 Å². The average molecular weight is 414 g/mol. The zero-order chi connectivity index (χ0) is 20.3. The Bertz CT molecular complexity index is 892. The summed E-state index contributed by atoms with van der Waals surface area (Å²) in [4.78, 5) is 34.3. The van der Waals surface area contributed by atoms with Gasteiger partial charge in [0.1, 0.15) is 11.3 Å². The quantitative estimate of drug-likeness (QED) is 0.754. The Morgan fingerprint density at radius 3 is 2.62 bits per heavy atom. The normalized spacial score (nSPS) is 21.6. The van der Waals surface area contributed by atoms with Crippen molar-refractivity contribution >= 4 is 23.4 Å². The second-order valence-corrected chi connectivity index (χ2v) is 7.96. The lowest BCUT2D eigenvalue weighted by Gasteiger charge is -2.44. The first-order valence-corrected chi connectivity index (χ1v) is 10.3. The number of piperidine rings is 1. The smallest absolute Gasteiger partial charge is 0.261 e. The highest BCUT2D eigenvalue weighted by Crippen LogP contribution is 2.39. The number of rotatable bonds is 5. The molecule has 2 saturated heterocycles. The molecule has 2 amide bonds. The largest absolute Gasteiger partial charge is 0.482 e. The molecule has 0 N–H and O–H groups in total. The van der Waals surface area contributed by atoms with E-state index in [9.17, 15) is 9.59 Å². The summed E-state index contributed by atoms with van der Waals surface area (Å²) in [6.07, 6.45) is 4.82. The molecule has 1 spiro atoms. The van der Waals surface area contributed by atoms with E-state index < -0.39 is 5.54 Å². The standard InChI is InChI=1S/C22H24ClN3O3/c23-18-8-1-2-9-19(18)29-16-20(27)26-14-6-11-22(26)10-5-13-25(21(22)28)15-17-7-3-4-12-24-17/h1-4,7-9,12H,5-6,10-11,13-16H2. The Labute approximate surface area is 175 Å². The molecule has 0 aliphatic carbocycles. The van der Waals surface area contributed by atoms with Gasteiger partial charge in [-0.2, -0.15) is 0 Å². The molecule has 0 saturated carbocycles. The molecule has 2 aromatic rings. The van der Waals surface area contributed by atoms with Gasteiger partial charge in [0.25, 0.3) is 5.91 Å². The van der Waals surface area contributed by atoms with Gasteiger partial charge in [-0.1, -0.05) is 29.8 Å². The average Bonchev–Trinajstić information content (AvgIpc) is 3.16. The van der Waals surface area contributed by atoms with Gasteiger partial charge in [-0.3, -0.25) is 14.6 Å². The topological polar surface area (TPSA) is 62.7 Å². The van der Waals surface area contributed by atoms with Gasteiger partial charge in [-0.15, -0.1) is 0 Å². The number of hydrogen-bond acceptors (Lipinski definition) is 4. The molecule has 152 valence electrons. The number of amides is 2. The van der Waals surface area contributed by atoms with E-state index in [1.165, 1.54) is 0 Å². The summed E-state index contributed by atoms with van der Waals surface area (Å²) < 4.78 is 5.64. The summed E-state index contributed by atoms with van der Waals surface area (Å²) in [5.74, 6) is 0.330. The molecule has 29 heavy (non-hydrogen) atoms. The first-order valence-electron chi connectivity index (χ1n) is 9.97. The summed E-state index contributed by atoms with van der Waals surface area (Å²) >= 11 is 6.11. The number of pyridine rings is 1. The van der Waals surface area contributed by atoms with Crippen molar-refractivity contribution in [2.75, 3.05) is 19.7 Å². The summed E-state index contributed by atoms with van der Waals surface area (Å²) in [5.41, 5.74) is 0.101. The number of benzene rings is 1. The molecule has 7 heteroatoms. The van der Waals surface area contributed by atoms with Crippen molar-refractivity contribution in [3.63, 3.8) is 0 Å². The Balaban J connectivity index is 1.47. The van der Waals surface area contributed by atoms with Crippen molar-refractivity contribution in [2.24, 2.45) is 0 Å². The van der Waals surface area contributed by atoms with Crippen LogP contribution in [0.4, 0.5) is 0 Å². The molecule has 0 bridgehead atoms. The molecule has 2 aliphatic heterocycles. The lowest BCUT2D eigenvalue weighted by molar-refractivity contribution is -0.156. The SMILES string of the molecule is O=C(COc1ccccc1Cl)N1CCCC12CCCN(Cc1ccccn1)C2=O. The van der Waals surface area contributed by atoms with Crippen LogP contribution in [0.3, 0.4) is 0 Å². The number of ether oxygens (including phenoxy) is 1. The van der Waals surface area contributed by atoms with Crippen LogP contribution >= 0.6 is 11.6 Å². The fourth-order valence-electron chi connectivity index (χ4n) is 4.41. The molecule has 1 aromatic carbocycles. The van der Waals surface area contributed by atoms with Crippen molar-refractivity contribution in [2.45, 2.75) is 37.8 Å². The monoisotopic (exact) mass is 413 g/mol. The lowest BCUT2D eigenvalue weighted by Crippen LogP contribution is -2.61. The minimum atomic E-state index is -0.756. The molecular weight excluding hydrogens is 390 g/mol. The van der Waals surface area contributed by atoms with E-state index in [1.807, 2.05) is 35.2 Å². The molecule has 0 radical (unpaired) electrons. The third kappa shape index (κ3) is 3.94.